The van der Waals surface area contributed by atoms with Gasteiger partial charge in [0.1, 0.15) is 0 Å². The molecule has 0 radical (unpaired) electrons. The van der Waals surface area contributed by atoms with Crippen LogP contribution in [0, 0.1) is 5.92 Å². The first kappa shape index (κ1) is 13.1. The zero-order chi connectivity index (χ0) is 14.1. The van der Waals surface area contributed by atoms with Gasteiger partial charge in [-0.2, -0.15) is 0 Å². The van der Waals surface area contributed by atoms with Gasteiger partial charge in [0.05, 0.1) is 10.9 Å². The Labute approximate surface area is 121 Å². The second-order valence-corrected chi connectivity index (χ2v) is 5.33. The molecule has 1 aliphatic carbocycles. The first-order chi connectivity index (χ1) is 9.65. The van der Waals surface area contributed by atoms with Crippen molar-refractivity contribution < 1.29 is 9.90 Å². The van der Waals surface area contributed by atoms with E-state index in [1.165, 1.54) is 0 Å². The van der Waals surface area contributed by atoms with Crippen LogP contribution in [0.5, 0.6) is 0 Å². The van der Waals surface area contributed by atoms with Crippen LogP contribution in [0.1, 0.15) is 17.7 Å². The summed E-state index contributed by atoms with van der Waals surface area (Å²) in [5.74, 6) is -0.466. The maximum atomic E-state index is 11.0. The highest BCUT2D eigenvalue weighted by Gasteiger charge is 2.25. The molecule has 1 aromatic heterocycles. The van der Waals surface area contributed by atoms with Gasteiger partial charge in [0.25, 0.3) is 0 Å². The van der Waals surface area contributed by atoms with Gasteiger partial charge in [0, 0.05) is 17.5 Å². The summed E-state index contributed by atoms with van der Waals surface area (Å²) >= 11 is 6.15. The highest BCUT2D eigenvalue weighted by molar-refractivity contribution is 6.33. The molecule has 0 spiro atoms. The fourth-order valence-corrected chi connectivity index (χ4v) is 2.71. The lowest BCUT2D eigenvalue weighted by atomic mass is 9.87. The van der Waals surface area contributed by atoms with Crippen molar-refractivity contribution in [2.75, 3.05) is 0 Å². The highest BCUT2D eigenvalue weighted by atomic mass is 35.5. The minimum atomic E-state index is -0.745. The van der Waals surface area contributed by atoms with Gasteiger partial charge in [-0.05, 0) is 37.0 Å². The monoisotopic (exact) mass is 288 g/mol. The molecule has 3 rings (SSSR count). The lowest BCUT2D eigenvalue weighted by molar-refractivity contribution is -0.142. The van der Waals surface area contributed by atoms with E-state index in [1.807, 2.05) is 18.2 Å². The highest BCUT2D eigenvalue weighted by Crippen LogP contribution is 2.28. The van der Waals surface area contributed by atoms with E-state index in [2.05, 4.69) is 9.97 Å². The van der Waals surface area contributed by atoms with Crippen LogP contribution in [0.25, 0.3) is 11.4 Å². The molecule has 2 aromatic rings. The number of rotatable bonds is 2. The summed E-state index contributed by atoms with van der Waals surface area (Å²) in [6, 6.07) is 7.44. The Bertz CT molecular complexity index is 673. The number of benzene rings is 1. The second kappa shape index (κ2) is 5.21. The Morgan fingerprint density at radius 2 is 2.15 bits per heavy atom. The molecule has 1 aromatic carbocycles. The predicted molar refractivity (Wildman–Crippen MR) is 75.6 cm³/mol. The van der Waals surface area contributed by atoms with Crippen molar-refractivity contribution in [3.63, 3.8) is 0 Å². The molecule has 4 nitrogen and oxygen atoms in total. The molecule has 0 fully saturated rings. The van der Waals surface area contributed by atoms with Gasteiger partial charge in [0.2, 0.25) is 0 Å². The Balaban J connectivity index is 1.96. The minimum Gasteiger partial charge on any atom is -0.481 e. The number of hydrogen-bond acceptors (Lipinski definition) is 3. The zero-order valence-electron chi connectivity index (χ0n) is 10.7. The number of carboxylic acids is 1. The number of aryl methyl sites for hydroxylation is 1. The van der Waals surface area contributed by atoms with Crippen LogP contribution in [0.4, 0.5) is 0 Å². The molecule has 1 aliphatic rings. The van der Waals surface area contributed by atoms with Gasteiger partial charge >= 0.3 is 5.97 Å². The number of halogens is 1. The number of carbonyl (C=O) groups is 1. The molecule has 0 saturated heterocycles. The maximum Gasteiger partial charge on any atom is 0.306 e. The summed E-state index contributed by atoms with van der Waals surface area (Å²) in [5.41, 5.74) is 2.67. The van der Waals surface area contributed by atoms with Crippen molar-refractivity contribution in [3.8, 4) is 11.4 Å². The largest absolute Gasteiger partial charge is 0.481 e. The topological polar surface area (TPSA) is 63.1 Å². The summed E-state index contributed by atoms with van der Waals surface area (Å²) in [4.78, 5) is 19.9. The molecule has 1 unspecified atom stereocenters. The Hall–Kier alpha value is -1.94. The number of nitrogens with zero attached hydrogens (tertiary/aromatic N) is 2. The number of carboxylic acid groups (broad SMARTS) is 1. The van der Waals surface area contributed by atoms with E-state index in [4.69, 9.17) is 16.7 Å². The van der Waals surface area contributed by atoms with Gasteiger partial charge in [-0.15, -0.1) is 0 Å². The molecule has 1 N–H and O–H groups in total. The van der Waals surface area contributed by atoms with Gasteiger partial charge < -0.3 is 5.11 Å². The molecule has 102 valence electrons. The molecule has 0 saturated carbocycles. The van der Waals surface area contributed by atoms with Gasteiger partial charge in [0.15, 0.2) is 5.82 Å². The SMILES string of the molecule is O=C(O)C1CCc2nc(-c3ccccc3Cl)ncc2C1. The first-order valence-electron chi connectivity index (χ1n) is 6.47. The molecule has 1 heterocycles. The molecule has 5 heteroatoms. The van der Waals surface area contributed by atoms with Gasteiger partial charge in [-0.1, -0.05) is 23.7 Å². The van der Waals surface area contributed by atoms with Crippen molar-refractivity contribution in [1.29, 1.82) is 0 Å². The summed E-state index contributed by atoms with van der Waals surface area (Å²) < 4.78 is 0. The van der Waals surface area contributed by atoms with Crippen molar-refractivity contribution in [1.82, 2.24) is 9.97 Å². The van der Waals surface area contributed by atoms with Crippen molar-refractivity contribution in [3.05, 3.63) is 46.7 Å². The van der Waals surface area contributed by atoms with Crippen LogP contribution in [0.3, 0.4) is 0 Å². The average Bonchev–Trinajstić information content (AvgIpc) is 2.46. The summed E-state index contributed by atoms with van der Waals surface area (Å²) in [7, 11) is 0. The van der Waals surface area contributed by atoms with Crippen LogP contribution < -0.4 is 0 Å². The summed E-state index contributed by atoms with van der Waals surface area (Å²) in [6.45, 7) is 0. The van der Waals surface area contributed by atoms with Crippen LogP contribution in [-0.4, -0.2) is 21.0 Å². The fraction of sp³-hybridized carbons (Fsp3) is 0.267. The van der Waals surface area contributed by atoms with Gasteiger partial charge in [-0.25, -0.2) is 9.97 Å². The molecular formula is C15H13ClN2O2. The van der Waals surface area contributed by atoms with E-state index in [9.17, 15) is 4.79 Å². The fourth-order valence-electron chi connectivity index (χ4n) is 2.49. The minimum absolute atomic E-state index is 0.322. The van der Waals surface area contributed by atoms with Crippen LogP contribution in [-0.2, 0) is 17.6 Å². The van der Waals surface area contributed by atoms with Crippen LogP contribution in [0.2, 0.25) is 5.02 Å². The molecule has 0 aliphatic heterocycles. The Kier molecular flexibility index (Phi) is 3.40. The average molecular weight is 289 g/mol. The number of aromatic nitrogens is 2. The standard InChI is InChI=1S/C15H13ClN2O2/c16-12-4-2-1-3-11(12)14-17-8-10-7-9(15(19)20)5-6-13(10)18-14/h1-4,8-9H,5-7H2,(H,19,20). The van der Waals surface area contributed by atoms with Gasteiger partial charge in [-0.3, -0.25) is 4.79 Å². The lowest BCUT2D eigenvalue weighted by Crippen LogP contribution is -2.23. The molecule has 20 heavy (non-hydrogen) atoms. The molecule has 0 bridgehead atoms. The first-order valence-corrected chi connectivity index (χ1v) is 6.85. The normalized spacial score (nSPS) is 17.6. The molecule has 0 amide bonds. The lowest BCUT2D eigenvalue weighted by Gasteiger charge is -2.20. The third kappa shape index (κ3) is 2.39. The van der Waals surface area contributed by atoms with E-state index >= 15 is 0 Å². The summed E-state index contributed by atoms with van der Waals surface area (Å²) in [5, 5.41) is 9.69. The zero-order valence-corrected chi connectivity index (χ0v) is 11.5. The Morgan fingerprint density at radius 3 is 2.90 bits per heavy atom. The summed E-state index contributed by atoms with van der Waals surface area (Å²) in [6.07, 6.45) is 3.54. The number of aliphatic carboxylic acids is 1. The number of fused-ring (bicyclic) bond motifs is 1. The second-order valence-electron chi connectivity index (χ2n) is 4.92. The van der Waals surface area contributed by atoms with Crippen LogP contribution >= 0.6 is 11.6 Å². The quantitative estimate of drug-likeness (QED) is 0.923. The third-order valence-electron chi connectivity index (χ3n) is 3.61. The van der Waals surface area contributed by atoms with Crippen LogP contribution in [0.15, 0.2) is 30.5 Å². The predicted octanol–water partition coefficient (Wildman–Crippen LogP) is 2.99. The van der Waals surface area contributed by atoms with Crippen molar-refractivity contribution in [2.24, 2.45) is 5.92 Å². The maximum absolute atomic E-state index is 11.0. The van der Waals surface area contributed by atoms with Crippen molar-refractivity contribution in [2.45, 2.75) is 19.3 Å². The van der Waals surface area contributed by atoms with E-state index in [1.54, 1.807) is 12.3 Å². The van der Waals surface area contributed by atoms with E-state index in [0.29, 0.717) is 30.1 Å². The number of hydrogen-bond donors (Lipinski definition) is 1. The smallest absolute Gasteiger partial charge is 0.306 e. The molecule has 1 atom stereocenters. The third-order valence-corrected chi connectivity index (χ3v) is 3.94. The van der Waals surface area contributed by atoms with Crippen molar-refractivity contribution >= 4 is 17.6 Å². The molecular weight excluding hydrogens is 276 g/mol. The van der Waals surface area contributed by atoms with E-state index < -0.39 is 5.97 Å². The van der Waals surface area contributed by atoms with E-state index in [-0.39, 0.29) is 5.92 Å². The van der Waals surface area contributed by atoms with E-state index in [0.717, 1.165) is 16.8 Å². The Morgan fingerprint density at radius 1 is 1.35 bits per heavy atom.